The number of aromatic nitrogens is 2. The molecular weight excluding hydrogens is 233 g/mol. The summed E-state index contributed by atoms with van der Waals surface area (Å²) in [5.41, 5.74) is 0.863. The van der Waals surface area contributed by atoms with Crippen molar-refractivity contribution in [2.24, 2.45) is 0 Å². The highest BCUT2D eigenvalue weighted by atomic mass is 19.1. The third-order valence-electron chi connectivity index (χ3n) is 2.58. The molecule has 4 nitrogen and oxygen atoms in total. The van der Waals surface area contributed by atoms with Crippen molar-refractivity contribution in [3.05, 3.63) is 41.5 Å². The molecule has 1 heterocycles. The van der Waals surface area contributed by atoms with Crippen molar-refractivity contribution in [1.29, 1.82) is 0 Å². The molecule has 2 aromatic rings. The summed E-state index contributed by atoms with van der Waals surface area (Å²) >= 11 is 0. The van der Waals surface area contributed by atoms with Crippen molar-refractivity contribution < 1.29 is 8.91 Å². The van der Waals surface area contributed by atoms with Gasteiger partial charge in [0.2, 0.25) is 0 Å². The summed E-state index contributed by atoms with van der Waals surface area (Å²) in [5, 5.41) is 3.89. The van der Waals surface area contributed by atoms with E-state index in [1.807, 2.05) is 27.0 Å². The second kappa shape index (κ2) is 5.16. The first-order chi connectivity index (χ1) is 8.56. The summed E-state index contributed by atoms with van der Waals surface area (Å²) in [6.45, 7) is 4.53. The van der Waals surface area contributed by atoms with Crippen LogP contribution in [0.2, 0.25) is 0 Å². The third-order valence-corrected chi connectivity index (χ3v) is 2.58. The molecule has 0 radical (unpaired) electrons. The fourth-order valence-electron chi connectivity index (χ4n) is 1.59. The molecule has 0 aliphatic rings. The Bertz CT molecular complexity index is 524. The molecule has 0 bridgehead atoms. The molecule has 2 rings (SSSR count). The highest BCUT2D eigenvalue weighted by Gasteiger charge is 2.13. The lowest BCUT2D eigenvalue weighted by Gasteiger charge is -2.13. The number of hydrogen-bond donors (Lipinski definition) is 0. The van der Waals surface area contributed by atoms with E-state index in [0.29, 0.717) is 18.4 Å². The van der Waals surface area contributed by atoms with Gasteiger partial charge in [0.15, 0.2) is 5.82 Å². The zero-order chi connectivity index (χ0) is 13.1. The van der Waals surface area contributed by atoms with Gasteiger partial charge in [0, 0.05) is 19.5 Å². The van der Waals surface area contributed by atoms with E-state index < -0.39 is 0 Å². The van der Waals surface area contributed by atoms with Gasteiger partial charge in [-0.15, -0.1) is 0 Å². The largest absolute Gasteiger partial charge is 0.324 e. The van der Waals surface area contributed by atoms with E-state index in [1.54, 1.807) is 11.0 Å². The summed E-state index contributed by atoms with van der Waals surface area (Å²) < 4.78 is 18.2. The molecule has 0 aliphatic carbocycles. The topological polar surface area (TPSA) is 42.2 Å². The molecule has 1 aromatic carbocycles. The zero-order valence-electron chi connectivity index (χ0n) is 10.7. The van der Waals surface area contributed by atoms with Gasteiger partial charge >= 0.3 is 6.01 Å². The van der Waals surface area contributed by atoms with Gasteiger partial charge in [-0.2, -0.15) is 4.98 Å². The van der Waals surface area contributed by atoms with E-state index in [9.17, 15) is 4.39 Å². The number of hydrogen-bond acceptors (Lipinski definition) is 4. The summed E-state index contributed by atoms with van der Waals surface area (Å²) in [7, 11) is 1.84. The predicted molar refractivity (Wildman–Crippen MR) is 66.9 cm³/mol. The van der Waals surface area contributed by atoms with Gasteiger partial charge in [-0.1, -0.05) is 31.1 Å². The van der Waals surface area contributed by atoms with Crippen LogP contribution in [-0.2, 0) is 6.54 Å². The summed E-state index contributed by atoms with van der Waals surface area (Å²) in [4.78, 5) is 6.08. The zero-order valence-corrected chi connectivity index (χ0v) is 10.7. The Morgan fingerprint density at radius 2 is 2.17 bits per heavy atom. The number of anilines is 1. The van der Waals surface area contributed by atoms with Crippen LogP contribution in [0.3, 0.4) is 0 Å². The van der Waals surface area contributed by atoms with E-state index >= 15 is 0 Å². The quantitative estimate of drug-likeness (QED) is 0.835. The van der Waals surface area contributed by atoms with Crippen LogP contribution in [0.5, 0.6) is 0 Å². The fraction of sp³-hybridized carbons (Fsp3) is 0.385. The minimum absolute atomic E-state index is 0.227. The molecule has 96 valence electrons. The number of nitrogens with zero attached hydrogens (tertiary/aromatic N) is 3. The van der Waals surface area contributed by atoms with Gasteiger partial charge in [-0.25, -0.2) is 4.39 Å². The maximum Gasteiger partial charge on any atom is 0.324 e. The molecule has 0 saturated carbocycles. The van der Waals surface area contributed by atoms with Crippen molar-refractivity contribution in [1.82, 2.24) is 10.1 Å². The lowest BCUT2D eigenvalue weighted by molar-refractivity contribution is 0.407. The van der Waals surface area contributed by atoms with Gasteiger partial charge in [0.25, 0.3) is 0 Å². The Morgan fingerprint density at radius 3 is 2.78 bits per heavy atom. The minimum atomic E-state index is -0.241. The summed E-state index contributed by atoms with van der Waals surface area (Å²) in [6, 6.07) is 6.91. The van der Waals surface area contributed by atoms with E-state index in [2.05, 4.69) is 10.1 Å². The molecule has 0 saturated heterocycles. The van der Waals surface area contributed by atoms with Crippen LogP contribution >= 0.6 is 0 Å². The highest BCUT2D eigenvalue weighted by Crippen LogP contribution is 2.17. The average Bonchev–Trinajstić information content (AvgIpc) is 2.78. The van der Waals surface area contributed by atoms with Crippen molar-refractivity contribution in [3.63, 3.8) is 0 Å². The Balaban J connectivity index is 2.09. The van der Waals surface area contributed by atoms with Crippen LogP contribution in [0.25, 0.3) is 0 Å². The number of benzene rings is 1. The average molecular weight is 249 g/mol. The lowest BCUT2D eigenvalue weighted by Crippen LogP contribution is -2.16. The molecule has 0 unspecified atom stereocenters. The maximum atomic E-state index is 13.1. The monoisotopic (exact) mass is 249 g/mol. The summed E-state index contributed by atoms with van der Waals surface area (Å²) in [6.07, 6.45) is 0. The normalized spacial score (nSPS) is 10.9. The predicted octanol–water partition coefficient (Wildman–Crippen LogP) is 2.97. The highest BCUT2D eigenvalue weighted by molar-refractivity contribution is 5.28. The van der Waals surface area contributed by atoms with Crippen molar-refractivity contribution in [2.45, 2.75) is 26.3 Å². The Hall–Kier alpha value is -1.91. The Kier molecular flexibility index (Phi) is 3.60. The molecule has 18 heavy (non-hydrogen) atoms. The second-order valence-electron chi connectivity index (χ2n) is 4.58. The first kappa shape index (κ1) is 12.5. The van der Waals surface area contributed by atoms with E-state index in [1.165, 1.54) is 12.1 Å². The standard InChI is InChI=1S/C13H16FN3O/c1-9(2)12-15-13(18-16-12)17(3)8-10-5-4-6-11(14)7-10/h4-7,9H,8H2,1-3H3. The van der Waals surface area contributed by atoms with E-state index in [-0.39, 0.29) is 11.7 Å². The van der Waals surface area contributed by atoms with Crippen LogP contribution in [0, 0.1) is 5.82 Å². The molecule has 0 atom stereocenters. The van der Waals surface area contributed by atoms with Crippen LogP contribution in [0.15, 0.2) is 28.8 Å². The van der Waals surface area contributed by atoms with Crippen molar-refractivity contribution in [3.8, 4) is 0 Å². The van der Waals surface area contributed by atoms with Gasteiger partial charge in [-0.3, -0.25) is 0 Å². The molecule has 0 spiro atoms. The smallest absolute Gasteiger partial charge is 0.323 e. The van der Waals surface area contributed by atoms with Crippen LogP contribution in [0.4, 0.5) is 10.4 Å². The molecule has 0 N–H and O–H groups in total. The first-order valence-electron chi connectivity index (χ1n) is 5.85. The summed E-state index contributed by atoms with van der Waals surface area (Å²) in [5.74, 6) is 0.662. The first-order valence-corrected chi connectivity index (χ1v) is 5.85. The Morgan fingerprint density at radius 1 is 1.39 bits per heavy atom. The molecule has 0 aliphatic heterocycles. The van der Waals surface area contributed by atoms with Gasteiger partial charge in [-0.05, 0) is 17.7 Å². The molecule has 0 amide bonds. The molecule has 0 fully saturated rings. The van der Waals surface area contributed by atoms with Crippen LogP contribution in [0.1, 0.15) is 31.2 Å². The number of rotatable bonds is 4. The molecular formula is C13H16FN3O. The number of halogens is 1. The molecule has 5 heteroatoms. The third kappa shape index (κ3) is 2.85. The van der Waals surface area contributed by atoms with E-state index in [4.69, 9.17) is 4.52 Å². The van der Waals surface area contributed by atoms with E-state index in [0.717, 1.165) is 5.56 Å². The minimum Gasteiger partial charge on any atom is -0.323 e. The fourth-order valence-corrected chi connectivity index (χ4v) is 1.59. The van der Waals surface area contributed by atoms with Gasteiger partial charge < -0.3 is 9.42 Å². The lowest BCUT2D eigenvalue weighted by atomic mass is 10.2. The van der Waals surface area contributed by atoms with Crippen molar-refractivity contribution in [2.75, 3.05) is 11.9 Å². The van der Waals surface area contributed by atoms with Crippen molar-refractivity contribution >= 4 is 6.01 Å². The van der Waals surface area contributed by atoms with Gasteiger partial charge in [0.05, 0.1) is 0 Å². The Labute approximate surface area is 105 Å². The second-order valence-corrected chi connectivity index (χ2v) is 4.58. The van der Waals surface area contributed by atoms with Crippen LogP contribution in [-0.4, -0.2) is 17.2 Å². The van der Waals surface area contributed by atoms with Gasteiger partial charge in [0.1, 0.15) is 5.82 Å². The maximum absolute atomic E-state index is 13.1. The molecule has 1 aromatic heterocycles. The van der Waals surface area contributed by atoms with Crippen LogP contribution < -0.4 is 4.90 Å². The SMILES string of the molecule is CC(C)c1noc(N(C)Cc2cccc(F)c2)n1.